The van der Waals surface area contributed by atoms with Crippen LogP contribution in [0.1, 0.15) is 29.2 Å². The molecule has 104 valence electrons. The standard InChI is InChI=1S/C19H16OS/c1-3-17-13-16(8-10-18(17)20)7-5-4-6-15-9-11-19(21)14(2)12-15/h8-13,20-21H,3H2,1-2H3. The first-order valence-corrected chi connectivity index (χ1v) is 7.18. The van der Waals surface area contributed by atoms with Crippen molar-refractivity contribution >= 4 is 12.6 Å². The molecule has 0 aliphatic carbocycles. The molecule has 2 heteroatoms. The van der Waals surface area contributed by atoms with Crippen molar-refractivity contribution in [1.82, 2.24) is 0 Å². The van der Waals surface area contributed by atoms with Crippen LogP contribution in [0.5, 0.6) is 5.75 Å². The van der Waals surface area contributed by atoms with Crippen molar-refractivity contribution < 1.29 is 5.11 Å². The molecule has 1 N–H and O–H groups in total. The third kappa shape index (κ3) is 4.09. The zero-order valence-electron chi connectivity index (χ0n) is 12.1. The minimum atomic E-state index is 0.316. The van der Waals surface area contributed by atoms with Crippen LogP contribution in [-0.2, 0) is 6.42 Å². The summed E-state index contributed by atoms with van der Waals surface area (Å²) in [5, 5.41) is 9.62. The van der Waals surface area contributed by atoms with Gasteiger partial charge in [0.1, 0.15) is 5.75 Å². The van der Waals surface area contributed by atoms with Gasteiger partial charge in [0.25, 0.3) is 0 Å². The molecule has 21 heavy (non-hydrogen) atoms. The lowest BCUT2D eigenvalue weighted by Gasteiger charge is -2.00. The molecule has 2 rings (SSSR count). The molecule has 0 saturated carbocycles. The van der Waals surface area contributed by atoms with E-state index in [4.69, 9.17) is 0 Å². The van der Waals surface area contributed by atoms with E-state index >= 15 is 0 Å². The molecule has 0 spiro atoms. The van der Waals surface area contributed by atoms with Crippen LogP contribution in [-0.4, -0.2) is 5.11 Å². The van der Waals surface area contributed by atoms with Crippen LogP contribution < -0.4 is 0 Å². The molecule has 0 bridgehead atoms. The number of thiol groups is 1. The van der Waals surface area contributed by atoms with Gasteiger partial charge in [-0.25, -0.2) is 0 Å². The summed E-state index contributed by atoms with van der Waals surface area (Å²) in [4.78, 5) is 0.961. The van der Waals surface area contributed by atoms with Gasteiger partial charge in [0, 0.05) is 16.0 Å². The fourth-order valence-electron chi connectivity index (χ4n) is 1.89. The predicted molar refractivity (Wildman–Crippen MR) is 89.7 cm³/mol. The Labute approximate surface area is 131 Å². The minimum Gasteiger partial charge on any atom is -0.508 e. The molecule has 0 fully saturated rings. The molecule has 0 heterocycles. The average molecular weight is 292 g/mol. The second-order valence-corrected chi connectivity index (χ2v) is 5.18. The number of rotatable bonds is 1. The van der Waals surface area contributed by atoms with Crippen molar-refractivity contribution in [2.24, 2.45) is 0 Å². The SMILES string of the molecule is CCc1cc(C#CC#Cc2ccc(S)c(C)c2)ccc1O. The highest BCUT2D eigenvalue weighted by molar-refractivity contribution is 7.80. The van der Waals surface area contributed by atoms with E-state index in [-0.39, 0.29) is 0 Å². The number of aromatic hydroxyl groups is 1. The van der Waals surface area contributed by atoms with Gasteiger partial charge in [0.15, 0.2) is 0 Å². The zero-order chi connectivity index (χ0) is 15.2. The zero-order valence-corrected chi connectivity index (χ0v) is 13.0. The topological polar surface area (TPSA) is 20.2 Å². The van der Waals surface area contributed by atoms with E-state index in [2.05, 4.69) is 36.3 Å². The Morgan fingerprint density at radius 3 is 2.24 bits per heavy atom. The molecule has 2 aromatic carbocycles. The largest absolute Gasteiger partial charge is 0.508 e. The van der Waals surface area contributed by atoms with Gasteiger partial charge in [-0.1, -0.05) is 18.8 Å². The monoisotopic (exact) mass is 292 g/mol. The summed E-state index contributed by atoms with van der Waals surface area (Å²) in [7, 11) is 0. The molecule has 0 atom stereocenters. The van der Waals surface area contributed by atoms with Crippen molar-refractivity contribution in [3.8, 4) is 29.4 Å². The fourth-order valence-corrected chi connectivity index (χ4v) is 2.03. The van der Waals surface area contributed by atoms with Crippen molar-refractivity contribution in [2.45, 2.75) is 25.2 Å². The first kappa shape index (κ1) is 15.1. The van der Waals surface area contributed by atoms with Crippen molar-refractivity contribution in [3.63, 3.8) is 0 Å². The van der Waals surface area contributed by atoms with Crippen LogP contribution in [0.2, 0.25) is 0 Å². The maximum atomic E-state index is 9.62. The highest BCUT2D eigenvalue weighted by Crippen LogP contribution is 2.18. The van der Waals surface area contributed by atoms with E-state index in [0.717, 1.165) is 33.6 Å². The molecular formula is C19H16OS. The Bertz CT molecular complexity index is 783. The Balaban J connectivity index is 2.17. The average Bonchev–Trinajstić information content (AvgIpc) is 2.48. The van der Waals surface area contributed by atoms with E-state index in [1.165, 1.54) is 0 Å². The molecule has 0 aliphatic rings. The molecule has 0 aromatic heterocycles. The second kappa shape index (κ2) is 6.93. The minimum absolute atomic E-state index is 0.316. The lowest BCUT2D eigenvalue weighted by Crippen LogP contribution is -1.83. The summed E-state index contributed by atoms with van der Waals surface area (Å²) < 4.78 is 0. The summed E-state index contributed by atoms with van der Waals surface area (Å²) in [5.74, 6) is 12.0. The third-order valence-electron chi connectivity index (χ3n) is 3.13. The molecule has 0 unspecified atom stereocenters. The number of hydrogen-bond donors (Lipinski definition) is 2. The summed E-state index contributed by atoms with van der Waals surface area (Å²) >= 11 is 4.33. The van der Waals surface area contributed by atoms with Gasteiger partial charge < -0.3 is 5.11 Å². The van der Waals surface area contributed by atoms with E-state index < -0.39 is 0 Å². The van der Waals surface area contributed by atoms with Gasteiger partial charge >= 0.3 is 0 Å². The van der Waals surface area contributed by atoms with Crippen molar-refractivity contribution in [2.75, 3.05) is 0 Å². The van der Waals surface area contributed by atoms with E-state index in [9.17, 15) is 5.11 Å². The van der Waals surface area contributed by atoms with E-state index in [0.29, 0.717) is 5.75 Å². The normalized spacial score (nSPS) is 9.29. The molecule has 0 saturated heterocycles. The number of phenols is 1. The number of hydrogen-bond acceptors (Lipinski definition) is 2. The van der Waals surface area contributed by atoms with Crippen LogP contribution in [0.25, 0.3) is 0 Å². The van der Waals surface area contributed by atoms with Crippen LogP contribution in [0.4, 0.5) is 0 Å². The van der Waals surface area contributed by atoms with Gasteiger partial charge in [-0.15, -0.1) is 12.6 Å². The molecule has 0 amide bonds. The molecular weight excluding hydrogens is 276 g/mol. The highest BCUT2D eigenvalue weighted by atomic mass is 32.1. The maximum absolute atomic E-state index is 9.62. The van der Waals surface area contributed by atoms with E-state index in [1.807, 2.05) is 38.1 Å². The Morgan fingerprint density at radius 2 is 1.62 bits per heavy atom. The van der Waals surface area contributed by atoms with Gasteiger partial charge in [-0.3, -0.25) is 0 Å². The first-order chi connectivity index (χ1) is 10.1. The van der Waals surface area contributed by atoms with Gasteiger partial charge in [-0.2, -0.15) is 0 Å². The van der Waals surface area contributed by atoms with Gasteiger partial charge in [0.2, 0.25) is 0 Å². The van der Waals surface area contributed by atoms with Gasteiger partial charge in [-0.05, 0) is 72.7 Å². The predicted octanol–water partition coefficient (Wildman–Crippen LogP) is 3.95. The van der Waals surface area contributed by atoms with Gasteiger partial charge in [0.05, 0.1) is 0 Å². The first-order valence-electron chi connectivity index (χ1n) is 6.73. The van der Waals surface area contributed by atoms with Crippen LogP contribution in [0.3, 0.4) is 0 Å². The highest BCUT2D eigenvalue weighted by Gasteiger charge is 1.98. The van der Waals surface area contributed by atoms with Crippen LogP contribution >= 0.6 is 12.6 Å². The number of benzene rings is 2. The van der Waals surface area contributed by atoms with Crippen molar-refractivity contribution in [3.05, 3.63) is 58.7 Å². The summed E-state index contributed by atoms with van der Waals surface area (Å²) in [5.41, 5.74) is 3.79. The fraction of sp³-hybridized carbons (Fsp3) is 0.158. The molecule has 0 aliphatic heterocycles. The summed E-state index contributed by atoms with van der Waals surface area (Å²) in [6.07, 6.45) is 0.780. The number of phenolic OH excluding ortho intramolecular Hbond substituents is 1. The smallest absolute Gasteiger partial charge is 0.118 e. The van der Waals surface area contributed by atoms with Crippen LogP contribution in [0, 0.1) is 30.6 Å². The maximum Gasteiger partial charge on any atom is 0.118 e. The molecule has 1 nitrogen and oxygen atoms in total. The Hall–Kier alpha value is -2.29. The van der Waals surface area contributed by atoms with E-state index in [1.54, 1.807) is 12.1 Å². The Morgan fingerprint density at radius 1 is 1.00 bits per heavy atom. The lowest BCUT2D eigenvalue weighted by molar-refractivity contribution is 0.469. The lowest BCUT2D eigenvalue weighted by atomic mass is 10.1. The quantitative estimate of drug-likeness (QED) is 0.602. The Kier molecular flexibility index (Phi) is 4.99. The molecule has 0 radical (unpaired) electrons. The third-order valence-corrected chi connectivity index (χ3v) is 3.64. The number of aryl methyl sites for hydroxylation is 2. The summed E-state index contributed by atoms with van der Waals surface area (Å²) in [6.45, 7) is 4.00. The van der Waals surface area contributed by atoms with Crippen molar-refractivity contribution in [1.29, 1.82) is 0 Å². The molecule has 2 aromatic rings. The second-order valence-electron chi connectivity index (χ2n) is 4.70. The summed E-state index contributed by atoms with van der Waals surface area (Å²) in [6, 6.07) is 11.2. The van der Waals surface area contributed by atoms with Crippen LogP contribution in [0.15, 0.2) is 41.3 Å².